The smallest absolute Gasteiger partial charge is 0.0741 e. The zero-order valence-corrected chi connectivity index (χ0v) is 12.9. The molecule has 106 valence electrons. The Balaban J connectivity index is 3.11. The first-order chi connectivity index (χ1) is 8.62. The normalized spacial score (nSPS) is 11.4. The summed E-state index contributed by atoms with van der Waals surface area (Å²) in [7, 11) is 0. The summed E-state index contributed by atoms with van der Waals surface area (Å²) >= 11 is 0. The zero-order chi connectivity index (χ0) is 13.7. The first-order valence-corrected chi connectivity index (χ1v) is 7.85. The van der Waals surface area contributed by atoms with Crippen LogP contribution < -0.4 is 5.32 Å². The molecule has 1 nitrogen and oxygen atoms in total. The molecule has 18 heavy (non-hydrogen) atoms. The van der Waals surface area contributed by atoms with Crippen LogP contribution in [0, 0.1) is 12.3 Å². The predicted octanol–water partition coefficient (Wildman–Crippen LogP) is 4.91. The van der Waals surface area contributed by atoms with Crippen LogP contribution in [0.1, 0.15) is 85.0 Å². The quantitative estimate of drug-likeness (QED) is 0.384. The topological polar surface area (TPSA) is 12.0 Å². The van der Waals surface area contributed by atoms with Crippen LogP contribution in [0.2, 0.25) is 0 Å². The van der Waals surface area contributed by atoms with E-state index in [0.717, 1.165) is 6.54 Å². The molecule has 0 saturated heterocycles. The highest BCUT2D eigenvalue weighted by molar-refractivity contribution is 5.07. The summed E-state index contributed by atoms with van der Waals surface area (Å²) in [6.07, 6.45) is 19.3. The van der Waals surface area contributed by atoms with Crippen molar-refractivity contribution in [2.75, 3.05) is 6.54 Å². The van der Waals surface area contributed by atoms with Gasteiger partial charge in [0, 0.05) is 0 Å². The van der Waals surface area contributed by atoms with Crippen LogP contribution in [0.5, 0.6) is 0 Å². The number of terminal acetylenes is 1. The number of rotatable bonds is 12. The number of unbranched alkanes of at least 4 members (excludes halogenated alkanes) is 9. The largest absolute Gasteiger partial charge is 0.302 e. The van der Waals surface area contributed by atoms with E-state index in [2.05, 4.69) is 32.0 Å². The fraction of sp³-hybridized carbons (Fsp3) is 0.882. The van der Waals surface area contributed by atoms with Crippen molar-refractivity contribution in [3.63, 3.8) is 0 Å². The third kappa shape index (κ3) is 12.0. The lowest BCUT2D eigenvalue weighted by Crippen LogP contribution is -2.38. The van der Waals surface area contributed by atoms with Crippen LogP contribution >= 0.6 is 0 Å². The SMILES string of the molecule is C#CC(C)(C)NCCCCCCCCCCCC. The van der Waals surface area contributed by atoms with Crippen LogP contribution in [0.15, 0.2) is 0 Å². The van der Waals surface area contributed by atoms with Crippen molar-refractivity contribution in [2.24, 2.45) is 0 Å². The maximum absolute atomic E-state index is 5.42. The summed E-state index contributed by atoms with van der Waals surface area (Å²) in [5.41, 5.74) is -0.140. The molecule has 0 spiro atoms. The van der Waals surface area contributed by atoms with Gasteiger partial charge in [-0.05, 0) is 26.8 Å². The summed E-state index contributed by atoms with van der Waals surface area (Å²) in [6, 6.07) is 0. The molecular weight excluding hydrogens is 218 g/mol. The van der Waals surface area contributed by atoms with Gasteiger partial charge in [0.25, 0.3) is 0 Å². The van der Waals surface area contributed by atoms with E-state index in [0.29, 0.717) is 0 Å². The van der Waals surface area contributed by atoms with Gasteiger partial charge in [-0.2, -0.15) is 0 Å². The molecule has 0 atom stereocenters. The summed E-state index contributed by atoms with van der Waals surface area (Å²) in [4.78, 5) is 0. The maximum Gasteiger partial charge on any atom is 0.0741 e. The Hall–Kier alpha value is -0.480. The van der Waals surface area contributed by atoms with Gasteiger partial charge in [0.05, 0.1) is 5.54 Å². The Morgan fingerprint density at radius 1 is 0.833 bits per heavy atom. The third-order valence-corrected chi connectivity index (χ3v) is 3.46. The third-order valence-electron chi connectivity index (χ3n) is 3.46. The molecule has 0 rings (SSSR count). The second-order valence-electron chi connectivity index (χ2n) is 5.88. The van der Waals surface area contributed by atoms with E-state index in [4.69, 9.17) is 6.42 Å². The first kappa shape index (κ1) is 17.5. The van der Waals surface area contributed by atoms with Gasteiger partial charge in [-0.1, -0.05) is 70.6 Å². The Morgan fingerprint density at radius 2 is 1.28 bits per heavy atom. The molecule has 1 heteroatoms. The molecule has 0 amide bonds. The molecule has 0 aromatic heterocycles. The molecule has 0 heterocycles. The lowest BCUT2D eigenvalue weighted by Gasteiger charge is -2.19. The van der Waals surface area contributed by atoms with Crippen LogP contribution in [0.3, 0.4) is 0 Å². The zero-order valence-electron chi connectivity index (χ0n) is 12.9. The van der Waals surface area contributed by atoms with Gasteiger partial charge in [0.1, 0.15) is 0 Å². The summed E-state index contributed by atoms with van der Waals surface area (Å²) in [6.45, 7) is 7.44. The molecule has 1 N–H and O–H groups in total. The van der Waals surface area contributed by atoms with Crippen LogP contribution in [0.4, 0.5) is 0 Å². The molecular formula is C17H33N. The number of nitrogens with one attached hydrogen (secondary N) is 1. The van der Waals surface area contributed by atoms with Gasteiger partial charge < -0.3 is 5.32 Å². The van der Waals surface area contributed by atoms with Crippen LogP contribution in [-0.2, 0) is 0 Å². The van der Waals surface area contributed by atoms with Crippen molar-refractivity contribution >= 4 is 0 Å². The summed E-state index contributed by atoms with van der Waals surface area (Å²) in [5.74, 6) is 2.77. The molecule has 0 fully saturated rings. The fourth-order valence-electron chi connectivity index (χ4n) is 2.06. The van der Waals surface area contributed by atoms with E-state index in [1.54, 1.807) is 0 Å². The predicted molar refractivity (Wildman–Crippen MR) is 82.8 cm³/mol. The molecule has 0 unspecified atom stereocenters. The Labute approximate surface area is 115 Å². The van der Waals surface area contributed by atoms with Crippen molar-refractivity contribution in [1.29, 1.82) is 0 Å². The fourth-order valence-corrected chi connectivity index (χ4v) is 2.06. The first-order valence-electron chi connectivity index (χ1n) is 7.85. The lowest BCUT2D eigenvalue weighted by atomic mass is 10.1. The Kier molecular flexibility index (Phi) is 11.3. The van der Waals surface area contributed by atoms with Crippen molar-refractivity contribution in [2.45, 2.75) is 90.5 Å². The highest BCUT2D eigenvalue weighted by Gasteiger charge is 2.10. The second kappa shape index (κ2) is 11.6. The standard InChI is InChI=1S/C17H33N/c1-5-7-8-9-10-11-12-13-14-15-16-18-17(3,4)6-2/h2,18H,5,7-16H2,1,3-4H3. The Morgan fingerprint density at radius 3 is 1.72 bits per heavy atom. The molecule has 0 radical (unpaired) electrons. The van der Waals surface area contributed by atoms with Gasteiger partial charge in [0.15, 0.2) is 0 Å². The van der Waals surface area contributed by atoms with Crippen molar-refractivity contribution in [1.82, 2.24) is 5.32 Å². The monoisotopic (exact) mass is 251 g/mol. The van der Waals surface area contributed by atoms with E-state index in [9.17, 15) is 0 Å². The second-order valence-corrected chi connectivity index (χ2v) is 5.88. The average Bonchev–Trinajstić information content (AvgIpc) is 2.36. The highest BCUT2D eigenvalue weighted by atomic mass is 14.9. The minimum absolute atomic E-state index is 0.140. The van der Waals surface area contributed by atoms with E-state index in [1.165, 1.54) is 64.2 Å². The number of hydrogen-bond donors (Lipinski definition) is 1. The Bertz CT molecular complexity index is 212. The van der Waals surface area contributed by atoms with E-state index < -0.39 is 0 Å². The molecule has 0 aromatic carbocycles. The van der Waals surface area contributed by atoms with E-state index in [1.807, 2.05) is 0 Å². The maximum atomic E-state index is 5.42. The molecule has 0 bridgehead atoms. The van der Waals surface area contributed by atoms with Crippen LogP contribution in [0.25, 0.3) is 0 Å². The van der Waals surface area contributed by atoms with Crippen molar-refractivity contribution in [3.05, 3.63) is 0 Å². The molecule has 0 aromatic rings. The summed E-state index contributed by atoms with van der Waals surface area (Å²) in [5, 5.41) is 3.40. The molecule has 0 saturated carbocycles. The van der Waals surface area contributed by atoms with Crippen molar-refractivity contribution in [3.8, 4) is 12.3 Å². The van der Waals surface area contributed by atoms with E-state index in [-0.39, 0.29) is 5.54 Å². The van der Waals surface area contributed by atoms with Gasteiger partial charge in [-0.15, -0.1) is 6.42 Å². The molecule has 0 aliphatic rings. The summed E-state index contributed by atoms with van der Waals surface area (Å²) < 4.78 is 0. The molecule has 0 aliphatic heterocycles. The highest BCUT2D eigenvalue weighted by Crippen LogP contribution is 2.10. The van der Waals surface area contributed by atoms with Gasteiger partial charge >= 0.3 is 0 Å². The van der Waals surface area contributed by atoms with Gasteiger partial charge in [-0.25, -0.2) is 0 Å². The minimum Gasteiger partial charge on any atom is -0.302 e. The van der Waals surface area contributed by atoms with Gasteiger partial charge in [0.2, 0.25) is 0 Å². The average molecular weight is 251 g/mol. The lowest BCUT2D eigenvalue weighted by molar-refractivity contribution is 0.469. The van der Waals surface area contributed by atoms with E-state index >= 15 is 0 Å². The molecule has 0 aliphatic carbocycles. The van der Waals surface area contributed by atoms with Crippen molar-refractivity contribution < 1.29 is 0 Å². The van der Waals surface area contributed by atoms with Gasteiger partial charge in [-0.3, -0.25) is 0 Å². The van der Waals surface area contributed by atoms with Crippen LogP contribution in [-0.4, -0.2) is 12.1 Å². The minimum atomic E-state index is -0.140. The number of hydrogen-bond acceptors (Lipinski definition) is 1.